The Bertz CT molecular complexity index is 827. The van der Waals surface area contributed by atoms with Crippen LogP contribution in [0, 0.1) is 17.8 Å². The molecule has 1 aliphatic carbocycles. The van der Waals surface area contributed by atoms with E-state index >= 15 is 0 Å². The summed E-state index contributed by atoms with van der Waals surface area (Å²) in [5, 5.41) is 2.22. The number of hydrogen-bond acceptors (Lipinski definition) is 10. The van der Waals surface area contributed by atoms with Crippen LogP contribution < -0.4 is 21.8 Å². The topological polar surface area (TPSA) is 107 Å². The summed E-state index contributed by atoms with van der Waals surface area (Å²) in [5.74, 6) is 1.92. The second kappa shape index (κ2) is 10.8. The van der Waals surface area contributed by atoms with E-state index in [2.05, 4.69) is 59.5 Å². The minimum absolute atomic E-state index is 0.0730. The first kappa shape index (κ1) is 26.2. The van der Waals surface area contributed by atoms with Crippen LogP contribution in [0.1, 0.15) is 59.3 Å². The highest BCUT2D eigenvalue weighted by Gasteiger charge is 2.47. The van der Waals surface area contributed by atoms with Gasteiger partial charge in [0.2, 0.25) is 0 Å². The van der Waals surface area contributed by atoms with E-state index in [1.165, 1.54) is 32.1 Å². The minimum atomic E-state index is -2.90. The molecule has 4 heterocycles. The van der Waals surface area contributed by atoms with Gasteiger partial charge in [0.15, 0.2) is 9.84 Å². The molecule has 1 saturated carbocycles. The van der Waals surface area contributed by atoms with Gasteiger partial charge in [0.1, 0.15) is 12.5 Å². The molecule has 0 radical (unpaired) electrons. The molecule has 5 fully saturated rings. The molecule has 35 heavy (non-hydrogen) atoms. The zero-order chi connectivity index (χ0) is 24.7. The van der Waals surface area contributed by atoms with Gasteiger partial charge in [-0.05, 0) is 53.0 Å². The van der Waals surface area contributed by atoms with Crippen molar-refractivity contribution in [2.24, 2.45) is 17.8 Å². The second-order valence-corrected chi connectivity index (χ2v) is 14.0. The standard InChI is InChI=1S/C24H46N6O4S/c1-15-20(16(2)30(27-15)19-10-11-35(31,32)14-19)12-29(4)13-21-25-26-24(33-21)22-17(3)34-28-23(22)18-8-6-5-7-9-18/h15-28H,5-14H2,1-4H3. The SMILES string of the molecule is CC1NN(C2CCS(=O)(=O)C2)C(C)C1CN(C)CC1NNC(C2C(C)ONC2C2CCCCC2)O1. The molecule has 5 aliphatic rings. The Morgan fingerprint density at radius 1 is 1.03 bits per heavy atom. The monoisotopic (exact) mass is 514 g/mol. The van der Waals surface area contributed by atoms with Gasteiger partial charge in [-0.15, -0.1) is 0 Å². The number of ether oxygens (including phenoxy) is 1. The Kier molecular flexibility index (Phi) is 8.08. The second-order valence-electron chi connectivity index (χ2n) is 11.8. The lowest BCUT2D eigenvalue weighted by atomic mass is 9.77. The maximum atomic E-state index is 12.0. The summed E-state index contributed by atoms with van der Waals surface area (Å²) in [6.45, 7) is 8.28. The summed E-state index contributed by atoms with van der Waals surface area (Å²) in [6, 6.07) is 1.00. The van der Waals surface area contributed by atoms with E-state index in [0.29, 0.717) is 29.7 Å². The van der Waals surface area contributed by atoms with Crippen LogP contribution in [0.15, 0.2) is 0 Å². The third-order valence-corrected chi connectivity index (χ3v) is 11.0. The van der Waals surface area contributed by atoms with Gasteiger partial charge in [0, 0.05) is 49.1 Å². The third-order valence-electron chi connectivity index (χ3n) is 9.21. The number of nitrogens with zero attached hydrogens (tertiary/aromatic N) is 2. The molecular formula is C24H46N6O4S. The number of rotatable bonds is 7. The Morgan fingerprint density at radius 3 is 2.51 bits per heavy atom. The van der Waals surface area contributed by atoms with Crippen molar-refractivity contribution >= 4 is 9.84 Å². The maximum Gasteiger partial charge on any atom is 0.151 e. The van der Waals surface area contributed by atoms with E-state index in [4.69, 9.17) is 9.57 Å². The predicted octanol–water partition coefficient (Wildman–Crippen LogP) is 0.584. The molecule has 4 aliphatic heterocycles. The summed E-state index contributed by atoms with van der Waals surface area (Å²) < 4.78 is 30.5. The van der Waals surface area contributed by atoms with Gasteiger partial charge >= 0.3 is 0 Å². The van der Waals surface area contributed by atoms with Crippen molar-refractivity contribution in [2.45, 2.75) is 102 Å². The van der Waals surface area contributed by atoms with Crippen LogP contribution in [0.5, 0.6) is 0 Å². The Labute approximate surface area is 211 Å². The molecule has 10 nitrogen and oxygen atoms in total. The van der Waals surface area contributed by atoms with E-state index in [9.17, 15) is 8.42 Å². The first-order valence-corrected chi connectivity index (χ1v) is 15.5. The average Bonchev–Trinajstić information content (AvgIpc) is 3.58. The van der Waals surface area contributed by atoms with Crippen molar-refractivity contribution < 1.29 is 18.0 Å². The van der Waals surface area contributed by atoms with E-state index in [1.807, 2.05) is 0 Å². The third kappa shape index (κ3) is 5.73. The first-order valence-electron chi connectivity index (χ1n) is 13.7. The lowest BCUT2D eigenvalue weighted by Crippen LogP contribution is -2.48. The van der Waals surface area contributed by atoms with Crippen LogP contribution in [0.25, 0.3) is 0 Å². The summed E-state index contributed by atoms with van der Waals surface area (Å²) in [4.78, 5) is 8.21. The van der Waals surface area contributed by atoms with Crippen molar-refractivity contribution in [1.29, 1.82) is 0 Å². The molecule has 0 aromatic rings. The van der Waals surface area contributed by atoms with Gasteiger partial charge in [-0.25, -0.2) is 24.3 Å². The van der Waals surface area contributed by atoms with Gasteiger partial charge in [-0.3, -0.25) is 10.3 Å². The number of hydrazine groups is 2. The normalized spacial score (nSPS) is 45.1. The van der Waals surface area contributed by atoms with Crippen LogP contribution in [-0.4, -0.2) is 92.7 Å². The van der Waals surface area contributed by atoms with Gasteiger partial charge in [-0.2, -0.15) is 5.48 Å². The smallest absolute Gasteiger partial charge is 0.151 e. The number of hydrogen-bond donors (Lipinski definition) is 4. The van der Waals surface area contributed by atoms with E-state index in [-0.39, 0.29) is 42.3 Å². The van der Waals surface area contributed by atoms with Crippen molar-refractivity contribution in [3.63, 3.8) is 0 Å². The largest absolute Gasteiger partial charge is 0.341 e. The molecule has 0 bridgehead atoms. The maximum absolute atomic E-state index is 12.0. The molecule has 4 saturated heterocycles. The fourth-order valence-corrected chi connectivity index (χ4v) is 8.91. The first-order chi connectivity index (χ1) is 16.7. The lowest BCUT2D eigenvalue weighted by molar-refractivity contribution is -0.0371. The molecule has 11 heteroatoms. The molecule has 9 unspecified atom stereocenters. The fraction of sp³-hybridized carbons (Fsp3) is 1.00. The zero-order valence-electron chi connectivity index (χ0n) is 21.8. The van der Waals surface area contributed by atoms with Crippen LogP contribution in [0.3, 0.4) is 0 Å². The number of hydroxylamine groups is 1. The molecule has 9 atom stereocenters. The van der Waals surface area contributed by atoms with Crippen LogP contribution in [0.2, 0.25) is 0 Å². The highest BCUT2D eigenvalue weighted by Crippen LogP contribution is 2.36. The highest BCUT2D eigenvalue weighted by molar-refractivity contribution is 7.91. The summed E-state index contributed by atoms with van der Waals surface area (Å²) in [5.41, 5.74) is 13.7. The van der Waals surface area contributed by atoms with Crippen molar-refractivity contribution in [3.8, 4) is 0 Å². The van der Waals surface area contributed by atoms with E-state index in [1.54, 1.807) is 0 Å². The van der Waals surface area contributed by atoms with Gasteiger partial charge in [-0.1, -0.05) is 19.3 Å². The van der Waals surface area contributed by atoms with E-state index in [0.717, 1.165) is 19.5 Å². The lowest BCUT2D eigenvalue weighted by Gasteiger charge is -2.33. The molecule has 202 valence electrons. The molecule has 0 aromatic heterocycles. The number of sulfone groups is 1. The summed E-state index contributed by atoms with van der Waals surface area (Å²) >= 11 is 0. The quantitative estimate of drug-likeness (QED) is 0.386. The molecule has 0 amide bonds. The number of likely N-dealkylation sites (N-methyl/N-ethyl adjacent to an activating group) is 1. The molecular weight excluding hydrogens is 468 g/mol. The Hall–Kier alpha value is -0.370. The predicted molar refractivity (Wildman–Crippen MR) is 134 cm³/mol. The molecule has 5 rings (SSSR count). The average molecular weight is 515 g/mol. The van der Waals surface area contributed by atoms with Crippen LogP contribution in [0.4, 0.5) is 0 Å². The van der Waals surface area contributed by atoms with Crippen LogP contribution >= 0.6 is 0 Å². The van der Waals surface area contributed by atoms with Crippen molar-refractivity contribution in [1.82, 2.24) is 31.7 Å². The number of nitrogens with one attached hydrogen (secondary N) is 4. The van der Waals surface area contributed by atoms with Crippen molar-refractivity contribution in [3.05, 3.63) is 0 Å². The van der Waals surface area contributed by atoms with Gasteiger partial charge in [0.25, 0.3) is 0 Å². The molecule has 0 spiro atoms. The van der Waals surface area contributed by atoms with Crippen molar-refractivity contribution in [2.75, 3.05) is 31.6 Å². The molecule has 0 aromatic carbocycles. The Morgan fingerprint density at radius 2 is 1.80 bits per heavy atom. The van der Waals surface area contributed by atoms with Gasteiger partial charge in [0.05, 0.1) is 17.6 Å². The fourth-order valence-electron chi connectivity index (χ4n) is 7.20. The molecule has 4 N–H and O–H groups in total. The van der Waals surface area contributed by atoms with Gasteiger partial charge < -0.3 is 9.64 Å². The van der Waals surface area contributed by atoms with Crippen LogP contribution in [-0.2, 0) is 19.4 Å². The zero-order valence-corrected chi connectivity index (χ0v) is 22.6. The minimum Gasteiger partial charge on any atom is -0.341 e. The Balaban J connectivity index is 1.12. The summed E-state index contributed by atoms with van der Waals surface area (Å²) in [7, 11) is -0.748. The summed E-state index contributed by atoms with van der Waals surface area (Å²) in [6.07, 6.45) is 7.20. The highest BCUT2D eigenvalue weighted by atomic mass is 32.2. The van der Waals surface area contributed by atoms with E-state index < -0.39 is 9.84 Å².